The highest BCUT2D eigenvalue weighted by Crippen LogP contribution is 2.34. The summed E-state index contributed by atoms with van der Waals surface area (Å²) in [4.78, 5) is 8.65. The number of phenolic OH excluding ortho intramolecular Hbond substituents is 1. The molecule has 0 atom stereocenters. The Morgan fingerprint density at radius 3 is 2.62 bits per heavy atom. The fourth-order valence-electron chi connectivity index (χ4n) is 2.63. The number of fused-ring (bicyclic) bond motifs is 1. The second-order valence-corrected chi connectivity index (χ2v) is 8.18. The van der Waals surface area contributed by atoms with Crippen molar-refractivity contribution in [1.29, 1.82) is 0 Å². The van der Waals surface area contributed by atoms with Gasteiger partial charge in [0, 0.05) is 16.3 Å². The average Bonchev–Trinajstić information content (AvgIpc) is 3.09. The third-order valence-corrected chi connectivity index (χ3v) is 5.40. The molecule has 0 fully saturated rings. The predicted molar refractivity (Wildman–Crippen MR) is 115 cm³/mol. The van der Waals surface area contributed by atoms with E-state index in [4.69, 9.17) is 16.0 Å². The Labute approximate surface area is 185 Å². The number of hydrogen-bond donors (Lipinski definition) is 1. The highest BCUT2D eigenvalue weighted by Gasteiger charge is 2.16. The van der Waals surface area contributed by atoms with E-state index >= 15 is 0 Å². The zero-order valence-electron chi connectivity index (χ0n) is 14.3. The van der Waals surface area contributed by atoms with Gasteiger partial charge in [-0.15, -0.1) is 0 Å². The normalized spacial score (nSPS) is 11.6. The van der Waals surface area contributed by atoms with Crippen LogP contribution in [0.1, 0.15) is 5.56 Å². The van der Waals surface area contributed by atoms with Gasteiger partial charge >= 0.3 is 0 Å². The molecule has 0 saturated heterocycles. The molecule has 1 N–H and O–H groups in total. The third kappa shape index (κ3) is 4.05. The van der Waals surface area contributed by atoms with Gasteiger partial charge < -0.3 is 9.52 Å². The number of aliphatic imine (C=N–C) groups is 1. The van der Waals surface area contributed by atoms with Crippen molar-refractivity contribution < 1.29 is 18.3 Å². The van der Waals surface area contributed by atoms with Crippen molar-refractivity contribution >= 4 is 66.5 Å². The fourth-order valence-corrected chi connectivity index (χ4v) is 4.12. The topological polar surface area (TPSA) is 58.6 Å². The van der Waals surface area contributed by atoms with Crippen molar-refractivity contribution in [1.82, 2.24) is 4.98 Å². The Bertz CT molecular complexity index is 1290. The van der Waals surface area contributed by atoms with E-state index in [1.54, 1.807) is 30.3 Å². The maximum Gasteiger partial charge on any atom is 0.228 e. The summed E-state index contributed by atoms with van der Waals surface area (Å²) < 4.78 is 33.8. The molecule has 0 spiro atoms. The Morgan fingerprint density at radius 1 is 1.07 bits per heavy atom. The Morgan fingerprint density at radius 2 is 1.83 bits per heavy atom. The minimum absolute atomic E-state index is 0.00981. The zero-order valence-corrected chi connectivity index (χ0v) is 18.2. The highest BCUT2D eigenvalue weighted by molar-refractivity contribution is 9.11. The van der Waals surface area contributed by atoms with Crippen LogP contribution in [-0.2, 0) is 0 Å². The smallest absolute Gasteiger partial charge is 0.228 e. The van der Waals surface area contributed by atoms with Gasteiger partial charge in [0.1, 0.15) is 11.3 Å². The average molecular weight is 543 g/mol. The summed E-state index contributed by atoms with van der Waals surface area (Å²) >= 11 is 12.6. The van der Waals surface area contributed by atoms with Crippen LogP contribution in [0.2, 0.25) is 5.02 Å². The van der Waals surface area contributed by atoms with E-state index in [-0.39, 0.29) is 22.2 Å². The minimum atomic E-state index is -1.05. The lowest BCUT2D eigenvalue weighted by Gasteiger charge is -2.02. The van der Waals surface area contributed by atoms with Crippen molar-refractivity contribution in [2.45, 2.75) is 0 Å². The minimum Gasteiger partial charge on any atom is -0.506 e. The van der Waals surface area contributed by atoms with Gasteiger partial charge in [-0.25, -0.2) is 13.8 Å². The quantitative estimate of drug-likeness (QED) is 0.217. The Balaban J connectivity index is 1.70. The Kier molecular flexibility index (Phi) is 5.42. The standard InChI is InChI=1S/C20H9Br2ClF2N2O2/c21-10-3-9(19(28)13(22)4-10)8-26-11-1-2-18-17(5-11)27-20(29-18)12-6-15(24)16(25)7-14(12)23/h1-8,28H. The number of benzene rings is 3. The van der Waals surface area contributed by atoms with Crippen LogP contribution in [0.3, 0.4) is 0 Å². The molecule has 1 aromatic heterocycles. The lowest BCUT2D eigenvalue weighted by atomic mass is 10.2. The number of aromatic nitrogens is 1. The van der Waals surface area contributed by atoms with Crippen molar-refractivity contribution in [3.05, 3.63) is 73.6 Å². The highest BCUT2D eigenvalue weighted by atomic mass is 79.9. The van der Waals surface area contributed by atoms with Crippen molar-refractivity contribution in [3.8, 4) is 17.2 Å². The molecular weight excluding hydrogens is 533 g/mol. The summed E-state index contributed by atoms with van der Waals surface area (Å²) in [5, 5.41) is 10.1. The molecule has 4 aromatic rings. The SMILES string of the molecule is Oc1c(Br)cc(Br)cc1C=Nc1ccc2oc(-c3cc(F)c(F)cc3Cl)nc2c1. The first-order valence-corrected chi connectivity index (χ1v) is 10.1. The number of hydrogen-bond acceptors (Lipinski definition) is 4. The lowest BCUT2D eigenvalue weighted by molar-refractivity contribution is 0.471. The van der Waals surface area contributed by atoms with Crippen molar-refractivity contribution in [2.24, 2.45) is 4.99 Å². The van der Waals surface area contributed by atoms with E-state index in [0.717, 1.165) is 16.6 Å². The van der Waals surface area contributed by atoms with Crippen molar-refractivity contribution in [2.75, 3.05) is 0 Å². The zero-order chi connectivity index (χ0) is 20.7. The van der Waals surface area contributed by atoms with Gasteiger partial charge in [-0.05, 0) is 58.4 Å². The molecule has 0 aliphatic rings. The van der Waals surface area contributed by atoms with Crippen LogP contribution in [0.25, 0.3) is 22.6 Å². The first-order valence-electron chi connectivity index (χ1n) is 8.09. The second kappa shape index (κ2) is 7.85. The molecule has 29 heavy (non-hydrogen) atoms. The summed E-state index contributed by atoms with van der Waals surface area (Å²) in [6, 6.07) is 10.3. The maximum atomic E-state index is 13.6. The van der Waals surface area contributed by atoms with Gasteiger partial charge in [-0.1, -0.05) is 27.5 Å². The van der Waals surface area contributed by atoms with Gasteiger partial charge in [0.15, 0.2) is 17.2 Å². The van der Waals surface area contributed by atoms with Gasteiger partial charge in [0.2, 0.25) is 5.89 Å². The van der Waals surface area contributed by atoms with Crippen LogP contribution in [0.15, 0.2) is 60.8 Å². The van der Waals surface area contributed by atoms with Crippen LogP contribution in [0.5, 0.6) is 5.75 Å². The number of nitrogens with zero attached hydrogens (tertiary/aromatic N) is 2. The Hall–Kier alpha value is -2.29. The largest absolute Gasteiger partial charge is 0.506 e. The van der Waals surface area contributed by atoms with Gasteiger partial charge in [0.05, 0.1) is 20.7 Å². The summed E-state index contributed by atoms with van der Waals surface area (Å²) in [7, 11) is 0. The van der Waals surface area contributed by atoms with E-state index in [2.05, 4.69) is 41.8 Å². The maximum absolute atomic E-state index is 13.6. The first-order chi connectivity index (χ1) is 13.8. The molecule has 9 heteroatoms. The lowest BCUT2D eigenvalue weighted by Crippen LogP contribution is -1.87. The van der Waals surface area contributed by atoms with E-state index in [1.165, 1.54) is 6.21 Å². The summed E-state index contributed by atoms with van der Waals surface area (Å²) in [5.41, 5.74) is 2.13. The van der Waals surface area contributed by atoms with Crippen LogP contribution in [0, 0.1) is 11.6 Å². The van der Waals surface area contributed by atoms with Crippen LogP contribution >= 0.6 is 43.5 Å². The monoisotopic (exact) mass is 540 g/mol. The number of rotatable bonds is 3. The molecule has 1 heterocycles. The molecule has 0 aliphatic carbocycles. The molecule has 0 saturated carbocycles. The van der Waals surface area contributed by atoms with Gasteiger partial charge in [-0.2, -0.15) is 0 Å². The fraction of sp³-hybridized carbons (Fsp3) is 0. The molecule has 0 amide bonds. The number of oxazole rings is 1. The molecule has 3 aromatic carbocycles. The summed E-state index contributed by atoms with van der Waals surface area (Å²) in [6.45, 7) is 0. The second-order valence-electron chi connectivity index (χ2n) is 6.00. The van der Waals surface area contributed by atoms with Gasteiger partial charge in [-0.3, -0.25) is 4.99 Å². The van der Waals surface area contributed by atoms with Gasteiger partial charge in [0.25, 0.3) is 0 Å². The van der Waals surface area contributed by atoms with Crippen LogP contribution in [-0.4, -0.2) is 16.3 Å². The van der Waals surface area contributed by atoms with Crippen LogP contribution < -0.4 is 0 Å². The van der Waals surface area contributed by atoms with E-state index in [0.29, 0.717) is 26.8 Å². The molecule has 0 unspecified atom stereocenters. The van der Waals surface area contributed by atoms with E-state index in [1.807, 2.05) is 0 Å². The molecular formula is C20H9Br2ClF2N2O2. The molecule has 146 valence electrons. The molecule has 4 nitrogen and oxygen atoms in total. The molecule has 4 rings (SSSR count). The third-order valence-electron chi connectivity index (χ3n) is 4.02. The van der Waals surface area contributed by atoms with E-state index in [9.17, 15) is 13.9 Å². The number of aromatic hydroxyl groups is 1. The molecule has 0 radical (unpaired) electrons. The molecule has 0 aliphatic heterocycles. The van der Waals surface area contributed by atoms with Crippen molar-refractivity contribution in [3.63, 3.8) is 0 Å². The van der Waals surface area contributed by atoms with Crippen LogP contribution in [0.4, 0.5) is 14.5 Å². The number of phenols is 1. The summed E-state index contributed by atoms with van der Waals surface area (Å²) in [6.07, 6.45) is 1.51. The molecule has 0 bridgehead atoms. The number of halogens is 5. The van der Waals surface area contributed by atoms with E-state index < -0.39 is 11.6 Å². The summed E-state index contributed by atoms with van der Waals surface area (Å²) in [5.74, 6) is -1.96. The predicted octanol–water partition coefficient (Wildman–Crippen LogP) is 7.41. The first kappa shape index (κ1) is 20.0.